The second-order valence-electron chi connectivity index (χ2n) is 8.55. The van der Waals surface area contributed by atoms with Crippen LogP contribution in [0.5, 0.6) is 11.5 Å². The first-order chi connectivity index (χ1) is 18.4. The van der Waals surface area contributed by atoms with E-state index in [2.05, 4.69) is 15.9 Å². The Bertz CT molecular complexity index is 1570. The molecule has 0 saturated carbocycles. The summed E-state index contributed by atoms with van der Waals surface area (Å²) in [4.78, 5) is 27.6. The highest BCUT2D eigenvalue weighted by Gasteiger charge is 2.35. The number of carbonyl (C=O) groups excluding carboxylic acids is 2. The maximum atomic E-state index is 14.1. The molecule has 1 saturated heterocycles. The zero-order chi connectivity index (χ0) is 26.6. The van der Waals surface area contributed by atoms with Gasteiger partial charge in [0.25, 0.3) is 11.1 Å². The van der Waals surface area contributed by atoms with E-state index in [0.717, 1.165) is 28.1 Å². The first-order valence-corrected chi connectivity index (χ1v) is 13.6. The predicted octanol–water partition coefficient (Wildman–Crippen LogP) is 7.96. The quantitative estimate of drug-likeness (QED) is 0.194. The molecule has 38 heavy (non-hydrogen) atoms. The first-order valence-electron chi connectivity index (χ1n) is 12.0. The third-order valence-electron chi connectivity index (χ3n) is 6.04. The van der Waals surface area contributed by atoms with Gasteiger partial charge in [-0.2, -0.15) is 0 Å². The number of benzene rings is 4. The summed E-state index contributed by atoms with van der Waals surface area (Å²) in [6.45, 7) is 2.45. The second kappa shape index (κ2) is 11.4. The number of rotatable bonds is 8. The van der Waals surface area contributed by atoms with Gasteiger partial charge in [-0.25, -0.2) is 4.39 Å². The van der Waals surface area contributed by atoms with Gasteiger partial charge in [-0.05, 0) is 80.8 Å². The van der Waals surface area contributed by atoms with Crippen LogP contribution in [0.25, 0.3) is 16.8 Å². The van der Waals surface area contributed by atoms with Crippen molar-refractivity contribution in [3.05, 3.63) is 111 Å². The molecule has 1 aliphatic heterocycles. The minimum Gasteiger partial charge on any atom is -0.490 e. The fraction of sp³-hybridized carbons (Fsp3) is 0.133. The molecular formula is C30H23BrFNO4S. The van der Waals surface area contributed by atoms with E-state index in [9.17, 15) is 14.0 Å². The van der Waals surface area contributed by atoms with E-state index < -0.39 is 0 Å². The van der Waals surface area contributed by atoms with Crippen molar-refractivity contribution in [1.82, 2.24) is 4.90 Å². The first kappa shape index (κ1) is 26.0. The van der Waals surface area contributed by atoms with Gasteiger partial charge < -0.3 is 9.47 Å². The third-order valence-corrected chi connectivity index (χ3v) is 7.54. The topological polar surface area (TPSA) is 55.8 Å². The highest BCUT2D eigenvalue weighted by atomic mass is 79.9. The zero-order valence-electron chi connectivity index (χ0n) is 20.4. The maximum absolute atomic E-state index is 14.1. The van der Waals surface area contributed by atoms with E-state index in [4.69, 9.17) is 9.47 Å². The minimum absolute atomic E-state index is 0.0255. The van der Waals surface area contributed by atoms with Crippen LogP contribution in [0.1, 0.15) is 23.6 Å². The van der Waals surface area contributed by atoms with Gasteiger partial charge >= 0.3 is 0 Å². The van der Waals surface area contributed by atoms with Crippen LogP contribution in [0.4, 0.5) is 9.18 Å². The molecule has 4 aromatic carbocycles. The lowest BCUT2D eigenvalue weighted by molar-refractivity contribution is -0.123. The predicted molar refractivity (Wildman–Crippen MR) is 152 cm³/mol. The molecule has 4 aromatic rings. The normalized spacial score (nSPS) is 14.5. The van der Waals surface area contributed by atoms with Crippen molar-refractivity contribution in [2.24, 2.45) is 0 Å². The molecule has 1 heterocycles. The van der Waals surface area contributed by atoms with Crippen LogP contribution in [0.2, 0.25) is 0 Å². The molecule has 0 unspecified atom stereocenters. The molecule has 5 nitrogen and oxygen atoms in total. The van der Waals surface area contributed by atoms with Crippen molar-refractivity contribution in [2.45, 2.75) is 20.1 Å². The lowest BCUT2D eigenvalue weighted by Crippen LogP contribution is -2.27. The van der Waals surface area contributed by atoms with E-state index >= 15 is 0 Å². The number of hydrogen-bond acceptors (Lipinski definition) is 5. The van der Waals surface area contributed by atoms with Crippen molar-refractivity contribution in [2.75, 3.05) is 6.61 Å². The number of halogens is 2. The van der Waals surface area contributed by atoms with Crippen LogP contribution in [0.3, 0.4) is 0 Å². The average Bonchev–Trinajstić information content (AvgIpc) is 3.16. The van der Waals surface area contributed by atoms with E-state index in [-0.39, 0.29) is 30.1 Å². The molecule has 0 aliphatic carbocycles. The van der Waals surface area contributed by atoms with Crippen molar-refractivity contribution in [1.29, 1.82) is 0 Å². The van der Waals surface area contributed by atoms with Crippen LogP contribution < -0.4 is 9.47 Å². The van der Waals surface area contributed by atoms with Gasteiger partial charge in [-0.1, -0.05) is 60.7 Å². The largest absolute Gasteiger partial charge is 0.490 e. The summed E-state index contributed by atoms with van der Waals surface area (Å²) in [5, 5.41) is 1.75. The fourth-order valence-corrected chi connectivity index (χ4v) is 5.64. The summed E-state index contributed by atoms with van der Waals surface area (Å²) in [5.74, 6) is 0.176. The number of amides is 2. The minimum atomic E-state index is -0.350. The average molecular weight is 592 g/mol. The summed E-state index contributed by atoms with van der Waals surface area (Å²) in [5.41, 5.74) is 1.99. The Kier molecular flexibility index (Phi) is 7.81. The molecule has 0 radical (unpaired) electrons. The molecule has 1 aliphatic rings. The molecule has 0 spiro atoms. The fourth-order valence-electron chi connectivity index (χ4n) is 4.23. The van der Waals surface area contributed by atoms with E-state index in [0.29, 0.717) is 38.6 Å². The number of hydrogen-bond donors (Lipinski definition) is 0. The number of thioether (sulfide) groups is 1. The summed E-state index contributed by atoms with van der Waals surface area (Å²) in [6, 6.07) is 23.7. The highest BCUT2D eigenvalue weighted by molar-refractivity contribution is 9.10. The Morgan fingerprint density at radius 1 is 0.947 bits per heavy atom. The highest BCUT2D eigenvalue weighted by Crippen LogP contribution is 2.40. The summed E-state index contributed by atoms with van der Waals surface area (Å²) < 4.78 is 26.3. The van der Waals surface area contributed by atoms with Crippen molar-refractivity contribution >= 4 is 55.7 Å². The molecule has 1 fully saturated rings. The van der Waals surface area contributed by atoms with Gasteiger partial charge in [-0.3, -0.25) is 14.5 Å². The number of imide groups is 1. The molecule has 2 amide bonds. The lowest BCUT2D eigenvalue weighted by atomic mass is 10.0. The molecule has 192 valence electrons. The lowest BCUT2D eigenvalue weighted by Gasteiger charge is -2.15. The third kappa shape index (κ3) is 5.47. The van der Waals surface area contributed by atoms with Gasteiger partial charge in [0.2, 0.25) is 0 Å². The standard InChI is InChI=1S/C30H23BrFNO4S/c1-2-36-26-15-19(14-24(31)28(26)37-18-22-9-4-6-13-25(22)32)16-27-29(34)33(30(35)38-27)17-21-11-7-10-20-8-3-5-12-23(20)21/h3-16H,2,17-18H2,1H3/b27-16-. The smallest absolute Gasteiger partial charge is 0.293 e. The van der Waals surface area contributed by atoms with Gasteiger partial charge in [0, 0.05) is 5.56 Å². The molecule has 0 N–H and O–H groups in total. The van der Waals surface area contributed by atoms with Crippen LogP contribution in [0.15, 0.2) is 88.2 Å². The van der Waals surface area contributed by atoms with Crippen molar-refractivity contribution in [3.63, 3.8) is 0 Å². The van der Waals surface area contributed by atoms with E-state index in [1.807, 2.05) is 49.4 Å². The number of carbonyl (C=O) groups is 2. The molecule has 5 rings (SSSR count). The van der Waals surface area contributed by atoms with Crippen molar-refractivity contribution < 1.29 is 23.5 Å². The van der Waals surface area contributed by atoms with Gasteiger partial charge in [-0.15, -0.1) is 0 Å². The molecule has 8 heteroatoms. The van der Waals surface area contributed by atoms with Crippen LogP contribution in [-0.2, 0) is 17.9 Å². The Morgan fingerprint density at radius 3 is 2.50 bits per heavy atom. The SMILES string of the molecule is CCOc1cc(/C=C2\SC(=O)N(Cc3cccc4ccccc34)C2=O)cc(Br)c1OCc1ccccc1F. The van der Waals surface area contributed by atoms with Crippen LogP contribution in [-0.4, -0.2) is 22.7 Å². The Morgan fingerprint density at radius 2 is 1.68 bits per heavy atom. The molecular weight excluding hydrogens is 569 g/mol. The number of fused-ring (bicyclic) bond motifs is 1. The molecule has 0 atom stereocenters. The van der Waals surface area contributed by atoms with Crippen LogP contribution in [0, 0.1) is 5.82 Å². The van der Waals surface area contributed by atoms with E-state index in [1.165, 1.54) is 11.0 Å². The summed E-state index contributed by atoms with van der Waals surface area (Å²) in [6.07, 6.45) is 1.67. The maximum Gasteiger partial charge on any atom is 0.293 e. The summed E-state index contributed by atoms with van der Waals surface area (Å²) >= 11 is 4.43. The van der Waals surface area contributed by atoms with E-state index in [1.54, 1.807) is 36.4 Å². The van der Waals surface area contributed by atoms with Gasteiger partial charge in [0.15, 0.2) is 11.5 Å². The van der Waals surface area contributed by atoms with Crippen molar-refractivity contribution in [3.8, 4) is 11.5 Å². The molecule has 0 aromatic heterocycles. The Balaban J connectivity index is 1.39. The van der Waals surface area contributed by atoms with Crippen LogP contribution >= 0.6 is 27.7 Å². The van der Waals surface area contributed by atoms with Gasteiger partial charge in [0.1, 0.15) is 12.4 Å². The van der Waals surface area contributed by atoms with Gasteiger partial charge in [0.05, 0.1) is 22.5 Å². The Labute approximate surface area is 232 Å². The summed E-state index contributed by atoms with van der Waals surface area (Å²) in [7, 11) is 0. The number of ether oxygens (including phenoxy) is 2. The molecule has 0 bridgehead atoms. The second-order valence-corrected chi connectivity index (χ2v) is 10.4. The Hall–Kier alpha value is -3.62. The zero-order valence-corrected chi connectivity index (χ0v) is 22.9. The monoisotopic (exact) mass is 591 g/mol. The number of nitrogens with zero attached hydrogens (tertiary/aromatic N) is 1.